The van der Waals surface area contributed by atoms with Gasteiger partial charge < -0.3 is 10.1 Å². The summed E-state index contributed by atoms with van der Waals surface area (Å²) in [7, 11) is 0. The van der Waals surface area contributed by atoms with Crippen LogP contribution in [0.4, 0.5) is 5.82 Å². The van der Waals surface area contributed by atoms with Gasteiger partial charge in [0.15, 0.2) is 0 Å². The van der Waals surface area contributed by atoms with E-state index in [1.54, 1.807) is 12.4 Å². The third-order valence-corrected chi connectivity index (χ3v) is 3.35. The van der Waals surface area contributed by atoms with E-state index in [2.05, 4.69) is 20.2 Å². The molecule has 1 aliphatic rings. The van der Waals surface area contributed by atoms with Crippen LogP contribution in [-0.4, -0.2) is 46.6 Å². The fourth-order valence-corrected chi connectivity index (χ4v) is 2.44. The van der Waals surface area contributed by atoms with Crippen molar-refractivity contribution in [3.63, 3.8) is 0 Å². The van der Waals surface area contributed by atoms with E-state index in [0.717, 1.165) is 37.4 Å². The Morgan fingerprint density at radius 3 is 2.95 bits per heavy atom. The molecule has 110 valence electrons. The second kappa shape index (κ2) is 7.19. The maximum absolute atomic E-state index is 11.9. The highest BCUT2D eigenvalue weighted by Gasteiger charge is 2.31. The molecule has 20 heavy (non-hydrogen) atoms. The minimum absolute atomic E-state index is 0.123. The molecule has 1 unspecified atom stereocenters. The Balaban J connectivity index is 1.95. The number of likely N-dealkylation sites (tertiary alicyclic amines) is 1. The van der Waals surface area contributed by atoms with Crippen LogP contribution in [0.15, 0.2) is 12.4 Å². The van der Waals surface area contributed by atoms with Gasteiger partial charge in [-0.15, -0.1) is 0 Å². The molecular formula is C14H22N4O2. The molecular weight excluding hydrogens is 256 g/mol. The predicted molar refractivity (Wildman–Crippen MR) is 76.3 cm³/mol. The van der Waals surface area contributed by atoms with Crippen molar-refractivity contribution in [3.05, 3.63) is 18.1 Å². The summed E-state index contributed by atoms with van der Waals surface area (Å²) in [4.78, 5) is 22.7. The molecule has 1 saturated heterocycles. The van der Waals surface area contributed by atoms with Gasteiger partial charge >= 0.3 is 5.97 Å². The maximum atomic E-state index is 11.9. The van der Waals surface area contributed by atoms with Gasteiger partial charge in [-0.25, -0.2) is 4.98 Å². The number of nitrogens with one attached hydrogen (secondary N) is 1. The summed E-state index contributed by atoms with van der Waals surface area (Å²) in [6.07, 6.45) is 5.38. The normalized spacial score (nSPS) is 19.0. The van der Waals surface area contributed by atoms with Crippen LogP contribution in [0.2, 0.25) is 0 Å². The first-order valence-electron chi connectivity index (χ1n) is 7.20. The van der Waals surface area contributed by atoms with Gasteiger partial charge in [-0.2, -0.15) is 0 Å². The number of hydrogen-bond acceptors (Lipinski definition) is 6. The van der Waals surface area contributed by atoms with Crippen molar-refractivity contribution in [2.45, 2.75) is 39.3 Å². The van der Waals surface area contributed by atoms with Gasteiger partial charge in [0.1, 0.15) is 11.9 Å². The summed E-state index contributed by atoms with van der Waals surface area (Å²) in [6.45, 7) is 6.65. The van der Waals surface area contributed by atoms with Crippen molar-refractivity contribution in [2.75, 3.05) is 25.0 Å². The van der Waals surface area contributed by atoms with Gasteiger partial charge in [-0.1, -0.05) is 0 Å². The first-order valence-corrected chi connectivity index (χ1v) is 7.20. The van der Waals surface area contributed by atoms with Gasteiger partial charge in [0, 0.05) is 13.1 Å². The zero-order valence-corrected chi connectivity index (χ0v) is 12.1. The van der Waals surface area contributed by atoms with Crippen LogP contribution in [0, 0.1) is 0 Å². The molecule has 0 aliphatic carbocycles. The van der Waals surface area contributed by atoms with E-state index in [1.165, 1.54) is 0 Å². The number of carbonyl (C=O) groups is 1. The number of esters is 1. The van der Waals surface area contributed by atoms with Gasteiger partial charge in [0.2, 0.25) is 0 Å². The third-order valence-electron chi connectivity index (χ3n) is 3.35. The lowest BCUT2D eigenvalue weighted by Gasteiger charge is -2.22. The Morgan fingerprint density at radius 1 is 1.45 bits per heavy atom. The first kappa shape index (κ1) is 14.7. The maximum Gasteiger partial charge on any atom is 0.323 e. The molecule has 2 heterocycles. The van der Waals surface area contributed by atoms with E-state index < -0.39 is 0 Å². The average Bonchev–Trinajstić information content (AvgIpc) is 2.90. The van der Waals surface area contributed by atoms with Crippen molar-refractivity contribution >= 4 is 11.8 Å². The van der Waals surface area contributed by atoms with Crippen molar-refractivity contribution in [2.24, 2.45) is 0 Å². The molecule has 0 aromatic carbocycles. The van der Waals surface area contributed by atoms with E-state index in [1.807, 2.05) is 13.8 Å². The molecule has 0 radical (unpaired) electrons. The number of anilines is 1. The van der Waals surface area contributed by atoms with E-state index in [-0.39, 0.29) is 12.0 Å². The molecule has 1 atom stereocenters. The van der Waals surface area contributed by atoms with Crippen LogP contribution >= 0.6 is 0 Å². The molecule has 2 rings (SSSR count). The summed E-state index contributed by atoms with van der Waals surface area (Å²) in [5.74, 6) is 0.654. The molecule has 1 aliphatic heterocycles. The van der Waals surface area contributed by atoms with E-state index in [4.69, 9.17) is 4.74 Å². The zero-order chi connectivity index (χ0) is 14.4. The van der Waals surface area contributed by atoms with Crippen LogP contribution in [0.5, 0.6) is 0 Å². The zero-order valence-electron chi connectivity index (χ0n) is 12.1. The summed E-state index contributed by atoms with van der Waals surface area (Å²) >= 11 is 0. The number of nitrogens with zero attached hydrogens (tertiary/aromatic N) is 3. The Labute approximate surface area is 119 Å². The number of rotatable bonds is 6. The number of carbonyl (C=O) groups excluding carboxylic acids is 1. The number of aromatic nitrogens is 2. The second-order valence-corrected chi connectivity index (χ2v) is 4.80. The van der Waals surface area contributed by atoms with E-state index in [9.17, 15) is 4.79 Å². The molecule has 6 heteroatoms. The molecule has 0 amide bonds. The van der Waals surface area contributed by atoms with Crippen LogP contribution in [0.25, 0.3) is 0 Å². The summed E-state index contributed by atoms with van der Waals surface area (Å²) in [5, 5.41) is 3.11. The number of ether oxygens (including phenoxy) is 1. The molecule has 0 bridgehead atoms. The van der Waals surface area contributed by atoms with Crippen molar-refractivity contribution in [3.8, 4) is 0 Å². The van der Waals surface area contributed by atoms with Gasteiger partial charge in [-0.3, -0.25) is 14.7 Å². The smallest absolute Gasteiger partial charge is 0.323 e. The summed E-state index contributed by atoms with van der Waals surface area (Å²) in [5.41, 5.74) is 0.878. The quantitative estimate of drug-likeness (QED) is 0.794. The van der Waals surface area contributed by atoms with Gasteiger partial charge in [0.25, 0.3) is 0 Å². The highest BCUT2D eigenvalue weighted by Crippen LogP contribution is 2.20. The molecule has 0 saturated carbocycles. The highest BCUT2D eigenvalue weighted by atomic mass is 16.5. The summed E-state index contributed by atoms with van der Waals surface area (Å²) in [6, 6.07) is -0.134. The lowest BCUT2D eigenvalue weighted by molar-refractivity contribution is -0.148. The summed E-state index contributed by atoms with van der Waals surface area (Å²) < 4.78 is 5.12. The minimum Gasteiger partial charge on any atom is -0.465 e. The van der Waals surface area contributed by atoms with E-state index >= 15 is 0 Å². The Hall–Kier alpha value is -1.69. The van der Waals surface area contributed by atoms with Crippen LogP contribution in [-0.2, 0) is 16.1 Å². The number of hydrogen-bond donors (Lipinski definition) is 1. The minimum atomic E-state index is -0.134. The lowest BCUT2D eigenvalue weighted by Crippen LogP contribution is -2.37. The molecule has 6 nitrogen and oxygen atoms in total. The standard InChI is InChI=1S/C14H22N4O2/c1-3-15-13-9-16-11(8-17-13)10-18-7-5-6-12(18)14(19)20-4-2/h8-9,12H,3-7,10H2,1-2H3,(H,15,17). The fraction of sp³-hybridized carbons (Fsp3) is 0.643. The van der Waals surface area contributed by atoms with Crippen molar-refractivity contribution in [1.29, 1.82) is 0 Å². The Morgan fingerprint density at radius 2 is 2.30 bits per heavy atom. The molecule has 1 fully saturated rings. The fourth-order valence-electron chi connectivity index (χ4n) is 2.44. The largest absolute Gasteiger partial charge is 0.465 e. The molecule has 1 aromatic heterocycles. The molecule has 0 spiro atoms. The third kappa shape index (κ3) is 3.66. The topological polar surface area (TPSA) is 67.4 Å². The predicted octanol–water partition coefficient (Wildman–Crippen LogP) is 1.44. The van der Waals surface area contributed by atoms with Crippen molar-refractivity contribution in [1.82, 2.24) is 14.9 Å². The van der Waals surface area contributed by atoms with Gasteiger partial charge in [0.05, 0.1) is 24.7 Å². The molecule has 1 N–H and O–H groups in total. The van der Waals surface area contributed by atoms with E-state index in [0.29, 0.717) is 13.2 Å². The second-order valence-electron chi connectivity index (χ2n) is 4.80. The highest BCUT2D eigenvalue weighted by molar-refractivity contribution is 5.76. The van der Waals surface area contributed by atoms with Crippen LogP contribution in [0.3, 0.4) is 0 Å². The van der Waals surface area contributed by atoms with Gasteiger partial charge in [-0.05, 0) is 33.2 Å². The Kier molecular flexibility index (Phi) is 5.29. The molecule has 1 aromatic rings. The first-order chi connectivity index (χ1) is 9.74. The van der Waals surface area contributed by atoms with Crippen LogP contribution in [0.1, 0.15) is 32.4 Å². The van der Waals surface area contributed by atoms with Crippen molar-refractivity contribution < 1.29 is 9.53 Å². The van der Waals surface area contributed by atoms with Crippen LogP contribution < -0.4 is 5.32 Å². The average molecular weight is 278 g/mol. The Bertz CT molecular complexity index is 435. The lowest BCUT2D eigenvalue weighted by atomic mass is 10.2. The monoisotopic (exact) mass is 278 g/mol. The SMILES string of the molecule is CCNc1cnc(CN2CCCC2C(=O)OCC)cn1.